The van der Waals surface area contributed by atoms with E-state index in [4.69, 9.17) is 0 Å². The molecule has 0 aromatic carbocycles. The van der Waals surface area contributed by atoms with Gasteiger partial charge in [0.1, 0.15) is 0 Å². The molecule has 4 aliphatic rings. The molecule has 2 N–H and O–H groups in total. The van der Waals surface area contributed by atoms with Crippen molar-refractivity contribution in [3.63, 3.8) is 0 Å². The van der Waals surface area contributed by atoms with E-state index in [2.05, 4.69) is 0 Å². The predicted molar refractivity (Wildman–Crippen MR) is 68.5 cm³/mol. The smallest absolute Gasteiger partial charge is 0.321 e. The summed E-state index contributed by atoms with van der Waals surface area (Å²) in [6, 6.07) is 0. The summed E-state index contributed by atoms with van der Waals surface area (Å²) in [4.78, 5) is 23.5. The second-order valence-corrected chi connectivity index (χ2v) is 6.89. The maximum absolute atomic E-state index is 11.7. The number of aliphatic carboxylic acids is 2. The van der Waals surface area contributed by atoms with Gasteiger partial charge in [0.2, 0.25) is 0 Å². The molecule has 4 fully saturated rings. The topological polar surface area (TPSA) is 74.6 Å². The summed E-state index contributed by atoms with van der Waals surface area (Å²) in [6.45, 7) is 1.72. The van der Waals surface area contributed by atoms with Crippen molar-refractivity contribution in [2.45, 2.75) is 45.4 Å². The third-order valence-electron chi connectivity index (χ3n) is 6.12. The number of hydrogen-bond donors (Lipinski definition) is 2. The summed E-state index contributed by atoms with van der Waals surface area (Å²) in [5.74, 6) is -0.293. The Bertz CT molecular complexity index is 372. The van der Waals surface area contributed by atoms with Crippen molar-refractivity contribution in [2.75, 3.05) is 0 Å². The first-order valence-corrected chi connectivity index (χ1v) is 7.45. The molecule has 4 bridgehead atoms. The van der Waals surface area contributed by atoms with Crippen molar-refractivity contribution in [3.05, 3.63) is 0 Å². The second kappa shape index (κ2) is 4.22. The van der Waals surface area contributed by atoms with Gasteiger partial charge < -0.3 is 10.2 Å². The van der Waals surface area contributed by atoms with E-state index in [0.717, 1.165) is 37.5 Å². The normalized spacial score (nSPS) is 40.4. The van der Waals surface area contributed by atoms with Crippen LogP contribution in [0.4, 0.5) is 0 Å². The lowest BCUT2D eigenvalue weighted by molar-refractivity contribution is -0.184. The van der Waals surface area contributed by atoms with Crippen molar-refractivity contribution in [2.24, 2.45) is 35.0 Å². The lowest BCUT2D eigenvalue weighted by atomic mass is 9.46. The fraction of sp³-hybridized carbons (Fsp3) is 0.867. The molecule has 0 heterocycles. The first kappa shape index (κ1) is 12.9. The van der Waals surface area contributed by atoms with E-state index in [1.54, 1.807) is 6.92 Å². The summed E-state index contributed by atoms with van der Waals surface area (Å²) >= 11 is 0. The van der Waals surface area contributed by atoms with Gasteiger partial charge in [-0.2, -0.15) is 0 Å². The summed E-state index contributed by atoms with van der Waals surface area (Å²) in [5.41, 5.74) is -1.55. The summed E-state index contributed by atoms with van der Waals surface area (Å²) in [7, 11) is 0. The zero-order chi connectivity index (χ0) is 13.8. The minimum Gasteiger partial charge on any atom is -0.480 e. The number of rotatable bonds is 4. The fourth-order valence-electron chi connectivity index (χ4n) is 5.64. The molecule has 4 saturated carbocycles. The number of carboxylic acid groups (broad SMARTS) is 2. The lowest BCUT2D eigenvalue weighted by Gasteiger charge is -2.57. The van der Waals surface area contributed by atoms with Crippen LogP contribution in [0.25, 0.3) is 0 Å². The molecule has 0 atom stereocenters. The van der Waals surface area contributed by atoms with Gasteiger partial charge in [-0.1, -0.05) is 6.92 Å². The molecule has 0 unspecified atom stereocenters. The SMILES string of the molecule is CCC(C(=O)O)(C(=O)O)C1C2CC3CC(C2)CC1C3. The van der Waals surface area contributed by atoms with Crippen LogP contribution in [0.5, 0.6) is 0 Å². The standard InChI is InChI=1S/C15H22O4/c1-2-15(13(16)17,14(18)19)12-10-4-8-3-9(6-10)7-11(12)5-8/h8-12H,2-7H2,1H3,(H,16,17)(H,18,19). The zero-order valence-electron chi connectivity index (χ0n) is 11.3. The van der Waals surface area contributed by atoms with Gasteiger partial charge in [0, 0.05) is 0 Å². The second-order valence-electron chi connectivity index (χ2n) is 6.89. The summed E-state index contributed by atoms with van der Waals surface area (Å²) < 4.78 is 0. The van der Waals surface area contributed by atoms with E-state index in [1.165, 1.54) is 6.42 Å². The van der Waals surface area contributed by atoms with Crippen LogP contribution in [-0.2, 0) is 9.59 Å². The molecule has 4 heteroatoms. The average molecular weight is 266 g/mol. The zero-order valence-corrected chi connectivity index (χ0v) is 11.3. The van der Waals surface area contributed by atoms with Crippen LogP contribution >= 0.6 is 0 Å². The van der Waals surface area contributed by atoms with Crippen LogP contribution in [0.1, 0.15) is 45.4 Å². The van der Waals surface area contributed by atoms with Gasteiger partial charge in [-0.3, -0.25) is 9.59 Å². The Morgan fingerprint density at radius 2 is 1.37 bits per heavy atom. The molecule has 106 valence electrons. The molecule has 4 nitrogen and oxygen atoms in total. The number of carbonyl (C=O) groups is 2. The Morgan fingerprint density at radius 1 is 0.947 bits per heavy atom. The molecule has 19 heavy (non-hydrogen) atoms. The lowest BCUT2D eigenvalue weighted by Crippen LogP contribution is -2.57. The molecule has 0 spiro atoms. The van der Waals surface area contributed by atoms with E-state index in [-0.39, 0.29) is 12.3 Å². The first-order valence-electron chi connectivity index (χ1n) is 7.45. The van der Waals surface area contributed by atoms with Gasteiger partial charge in [0.05, 0.1) is 0 Å². The van der Waals surface area contributed by atoms with Gasteiger partial charge in [0.25, 0.3) is 0 Å². The molecule has 0 amide bonds. The van der Waals surface area contributed by atoms with Gasteiger partial charge in [-0.05, 0) is 68.1 Å². The van der Waals surface area contributed by atoms with Crippen LogP contribution in [-0.4, -0.2) is 22.2 Å². The van der Waals surface area contributed by atoms with Gasteiger partial charge in [-0.25, -0.2) is 0 Å². The Kier molecular flexibility index (Phi) is 2.88. The highest BCUT2D eigenvalue weighted by Gasteiger charge is 2.61. The highest BCUT2D eigenvalue weighted by atomic mass is 16.4. The number of hydrogen-bond acceptors (Lipinski definition) is 2. The summed E-state index contributed by atoms with van der Waals surface area (Å²) in [6.07, 6.45) is 5.71. The Labute approximate surface area is 113 Å². The number of carboxylic acids is 2. The maximum atomic E-state index is 11.7. The summed E-state index contributed by atoms with van der Waals surface area (Å²) in [5, 5.41) is 19.2. The molecule has 0 aromatic rings. The van der Waals surface area contributed by atoms with Crippen molar-refractivity contribution < 1.29 is 19.8 Å². The fourth-order valence-corrected chi connectivity index (χ4v) is 5.64. The average Bonchev–Trinajstić information content (AvgIpc) is 2.31. The molecular formula is C15H22O4. The molecule has 4 rings (SSSR count). The van der Waals surface area contributed by atoms with Crippen molar-refractivity contribution in [1.82, 2.24) is 0 Å². The van der Waals surface area contributed by atoms with Crippen LogP contribution in [0, 0.1) is 35.0 Å². The molecular weight excluding hydrogens is 244 g/mol. The highest BCUT2D eigenvalue weighted by molar-refractivity contribution is 5.98. The van der Waals surface area contributed by atoms with Crippen LogP contribution in [0.3, 0.4) is 0 Å². The van der Waals surface area contributed by atoms with E-state index in [1.807, 2.05) is 0 Å². The predicted octanol–water partition coefficient (Wildman–Crippen LogP) is 2.62. The monoisotopic (exact) mass is 266 g/mol. The Hall–Kier alpha value is -1.06. The highest BCUT2D eigenvalue weighted by Crippen LogP contribution is 2.61. The molecule has 0 aliphatic heterocycles. The minimum atomic E-state index is -1.55. The van der Waals surface area contributed by atoms with Crippen LogP contribution in [0.2, 0.25) is 0 Å². The van der Waals surface area contributed by atoms with Crippen LogP contribution < -0.4 is 0 Å². The van der Waals surface area contributed by atoms with E-state index in [9.17, 15) is 19.8 Å². The maximum Gasteiger partial charge on any atom is 0.321 e. The van der Waals surface area contributed by atoms with E-state index >= 15 is 0 Å². The van der Waals surface area contributed by atoms with Crippen molar-refractivity contribution in [3.8, 4) is 0 Å². The van der Waals surface area contributed by atoms with Gasteiger partial charge in [0.15, 0.2) is 5.41 Å². The molecule has 0 saturated heterocycles. The quantitative estimate of drug-likeness (QED) is 0.767. The van der Waals surface area contributed by atoms with Crippen molar-refractivity contribution in [1.29, 1.82) is 0 Å². The van der Waals surface area contributed by atoms with Gasteiger partial charge in [-0.15, -0.1) is 0 Å². The Morgan fingerprint density at radius 3 is 1.68 bits per heavy atom. The van der Waals surface area contributed by atoms with Crippen LogP contribution in [0.15, 0.2) is 0 Å². The molecule has 0 aromatic heterocycles. The molecule has 0 radical (unpaired) electrons. The largest absolute Gasteiger partial charge is 0.480 e. The van der Waals surface area contributed by atoms with E-state index < -0.39 is 17.4 Å². The van der Waals surface area contributed by atoms with E-state index in [0.29, 0.717) is 11.8 Å². The first-order chi connectivity index (χ1) is 8.99. The van der Waals surface area contributed by atoms with Crippen molar-refractivity contribution >= 4 is 11.9 Å². The third kappa shape index (κ3) is 1.65. The minimum absolute atomic E-state index is 0.153. The Balaban J connectivity index is 1.99. The molecule has 4 aliphatic carbocycles. The van der Waals surface area contributed by atoms with Gasteiger partial charge >= 0.3 is 11.9 Å². The third-order valence-corrected chi connectivity index (χ3v) is 6.12.